The Morgan fingerprint density at radius 2 is 1.89 bits per heavy atom. The molecule has 142 valence electrons. The average molecular weight is 408 g/mol. The smallest absolute Gasteiger partial charge is 0.306 e. The van der Waals surface area contributed by atoms with Gasteiger partial charge in [-0.3, -0.25) is 4.79 Å². The molecule has 9 heteroatoms. The van der Waals surface area contributed by atoms with Crippen LogP contribution in [0.2, 0.25) is 0 Å². The van der Waals surface area contributed by atoms with Gasteiger partial charge in [0.25, 0.3) is 0 Å². The maximum atomic E-state index is 12.9. The number of para-hydroxylation sites is 1. The number of fused-ring (bicyclic) bond motifs is 1. The number of halogens is 1. The molecule has 1 N–H and O–H groups in total. The second-order valence-corrected chi connectivity index (χ2v) is 8.57. The van der Waals surface area contributed by atoms with Crippen molar-refractivity contribution in [2.75, 3.05) is 6.54 Å². The SMILES string of the molecule is O=C(CCCNS(=O)(=O)c1ccc(F)cc1)OCc1nc2ccccc2s1. The van der Waals surface area contributed by atoms with E-state index >= 15 is 0 Å². The molecule has 0 amide bonds. The second kappa shape index (κ2) is 8.55. The molecule has 2 aromatic carbocycles. The Bertz CT molecular complexity index is 1000. The van der Waals surface area contributed by atoms with Crippen LogP contribution in [0.5, 0.6) is 0 Å². The third kappa shape index (κ3) is 5.31. The number of carbonyl (C=O) groups excluding carboxylic acids is 1. The summed E-state index contributed by atoms with van der Waals surface area (Å²) in [6.45, 7) is 0.176. The van der Waals surface area contributed by atoms with Gasteiger partial charge in [0, 0.05) is 13.0 Å². The number of nitrogens with one attached hydrogen (secondary N) is 1. The van der Waals surface area contributed by atoms with E-state index in [9.17, 15) is 17.6 Å². The molecule has 0 spiro atoms. The number of sulfonamides is 1. The number of hydrogen-bond acceptors (Lipinski definition) is 6. The molecule has 0 aliphatic heterocycles. The number of thiazole rings is 1. The Morgan fingerprint density at radius 1 is 1.15 bits per heavy atom. The fourth-order valence-electron chi connectivity index (χ4n) is 2.33. The minimum Gasteiger partial charge on any atom is -0.458 e. The third-order valence-corrected chi connectivity index (χ3v) is 6.16. The molecule has 0 atom stereocenters. The highest BCUT2D eigenvalue weighted by atomic mass is 32.2. The molecule has 3 aromatic rings. The summed E-state index contributed by atoms with van der Waals surface area (Å²) in [7, 11) is -3.72. The lowest BCUT2D eigenvalue weighted by molar-refractivity contribution is -0.145. The molecule has 1 heterocycles. The van der Waals surface area contributed by atoms with E-state index in [1.807, 2.05) is 24.3 Å². The monoisotopic (exact) mass is 408 g/mol. The topological polar surface area (TPSA) is 85.4 Å². The van der Waals surface area contributed by atoms with Gasteiger partial charge in [0.05, 0.1) is 15.1 Å². The molecule has 0 radical (unpaired) electrons. The summed E-state index contributed by atoms with van der Waals surface area (Å²) in [5.41, 5.74) is 0.865. The number of ether oxygens (including phenoxy) is 1. The summed E-state index contributed by atoms with van der Waals surface area (Å²) in [6.07, 6.45) is 0.371. The molecule has 0 saturated carbocycles. The minimum absolute atomic E-state index is 0.0256. The number of benzene rings is 2. The molecule has 3 rings (SSSR count). The van der Waals surface area contributed by atoms with Crippen molar-refractivity contribution in [2.45, 2.75) is 24.3 Å². The number of hydrogen-bond donors (Lipinski definition) is 1. The average Bonchev–Trinajstić information content (AvgIpc) is 3.07. The van der Waals surface area contributed by atoms with Crippen LogP contribution in [0.3, 0.4) is 0 Å². The Labute approximate surface area is 160 Å². The molecule has 6 nitrogen and oxygen atoms in total. The van der Waals surface area contributed by atoms with Gasteiger partial charge >= 0.3 is 5.97 Å². The number of rotatable bonds is 8. The van der Waals surface area contributed by atoms with Gasteiger partial charge in [0.2, 0.25) is 10.0 Å². The predicted molar refractivity (Wildman–Crippen MR) is 100 cm³/mol. The predicted octanol–water partition coefficient (Wildman–Crippen LogP) is 3.24. The molecule has 0 aliphatic carbocycles. The van der Waals surface area contributed by atoms with Crippen molar-refractivity contribution in [1.82, 2.24) is 9.71 Å². The van der Waals surface area contributed by atoms with Gasteiger partial charge in [-0.25, -0.2) is 22.5 Å². The first-order valence-electron chi connectivity index (χ1n) is 8.19. The van der Waals surface area contributed by atoms with Crippen LogP contribution in [0.15, 0.2) is 53.4 Å². The quantitative estimate of drug-likeness (QED) is 0.457. The van der Waals surface area contributed by atoms with Crippen LogP contribution in [0.4, 0.5) is 4.39 Å². The number of esters is 1. The maximum Gasteiger partial charge on any atom is 0.306 e. The Balaban J connectivity index is 1.41. The summed E-state index contributed by atoms with van der Waals surface area (Å²) in [4.78, 5) is 16.1. The number of aromatic nitrogens is 1. The zero-order valence-electron chi connectivity index (χ0n) is 14.2. The molecule has 0 aliphatic rings. The van der Waals surface area contributed by atoms with Gasteiger partial charge in [0.1, 0.15) is 17.4 Å². The van der Waals surface area contributed by atoms with Gasteiger partial charge < -0.3 is 4.74 Å². The normalized spacial score (nSPS) is 11.6. The molecule has 27 heavy (non-hydrogen) atoms. The van der Waals surface area contributed by atoms with E-state index in [-0.39, 0.29) is 24.5 Å². The highest BCUT2D eigenvalue weighted by Crippen LogP contribution is 2.22. The fourth-order valence-corrected chi connectivity index (χ4v) is 4.29. The number of carbonyl (C=O) groups is 1. The van der Waals surface area contributed by atoms with Crippen LogP contribution in [0, 0.1) is 5.82 Å². The van der Waals surface area contributed by atoms with E-state index in [1.165, 1.54) is 23.5 Å². The third-order valence-electron chi connectivity index (χ3n) is 3.67. The lowest BCUT2D eigenvalue weighted by atomic mass is 10.3. The number of nitrogens with zero attached hydrogens (tertiary/aromatic N) is 1. The standard InChI is InChI=1S/C18H17FN2O4S2/c19-13-7-9-14(10-8-13)27(23,24)20-11-3-6-18(22)25-12-17-21-15-4-1-2-5-16(15)26-17/h1-2,4-5,7-10,20H,3,6,11-12H2. The van der Waals surface area contributed by atoms with Crippen LogP contribution in [-0.4, -0.2) is 25.9 Å². The summed E-state index contributed by atoms with van der Waals surface area (Å²) in [5, 5.41) is 0.710. The van der Waals surface area contributed by atoms with Gasteiger partial charge in [-0.2, -0.15) is 0 Å². The summed E-state index contributed by atoms with van der Waals surface area (Å²) >= 11 is 1.46. The van der Waals surface area contributed by atoms with Crippen molar-refractivity contribution in [3.8, 4) is 0 Å². The van der Waals surface area contributed by atoms with Crippen LogP contribution in [0.1, 0.15) is 17.8 Å². The molecular weight excluding hydrogens is 391 g/mol. The van der Waals surface area contributed by atoms with Crippen molar-refractivity contribution in [3.63, 3.8) is 0 Å². The highest BCUT2D eigenvalue weighted by Gasteiger charge is 2.14. The van der Waals surface area contributed by atoms with E-state index in [2.05, 4.69) is 9.71 Å². The first kappa shape index (κ1) is 19.4. The van der Waals surface area contributed by atoms with E-state index in [4.69, 9.17) is 4.74 Å². The Kier molecular flexibility index (Phi) is 6.15. The maximum absolute atomic E-state index is 12.9. The summed E-state index contributed by atoms with van der Waals surface area (Å²) in [5.74, 6) is -0.931. The van der Waals surface area contributed by atoms with E-state index < -0.39 is 21.8 Å². The fraction of sp³-hybridized carbons (Fsp3) is 0.222. The lowest BCUT2D eigenvalue weighted by Gasteiger charge is -2.06. The zero-order valence-corrected chi connectivity index (χ0v) is 15.9. The van der Waals surface area contributed by atoms with E-state index in [0.29, 0.717) is 11.4 Å². The highest BCUT2D eigenvalue weighted by molar-refractivity contribution is 7.89. The lowest BCUT2D eigenvalue weighted by Crippen LogP contribution is -2.25. The Morgan fingerprint density at radius 3 is 2.63 bits per heavy atom. The molecule has 0 unspecified atom stereocenters. The van der Waals surface area contributed by atoms with Gasteiger partial charge in [-0.1, -0.05) is 12.1 Å². The van der Waals surface area contributed by atoms with Crippen molar-refractivity contribution < 1.29 is 22.3 Å². The molecular formula is C18H17FN2O4S2. The van der Waals surface area contributed by atoms with Gasteiger partial charge in [0.15, 0.2) is 0 Å². The zero-order chi connectivity index (χ0) is 19.3. The van der Waals surface area contributed by atoms with Crippen molar-refractivity contribution in [3.05, 3.63) is 59.4 Å². The van der Waals surface area contributed by atoms with Gasteiger partial charge in [-0.05, 0) is 42.8 Å². The van der Waals surface area contributed by atoms with Crippen molar-refractivity contribution in [2.24, 2.45) is 0 Å². The van der Waals surface area contributed by atoms with Crippen LogP contribution >= 0.6 is 11.3 Å². The van der Waals surface area contributed by atoms with Crippen LogP contribution < -0.4 is 4.72 Å². The summed E-state index contributed by atoms with van der Waals surface area (Å²) < 4.78 is 45.5. The van der Waals surface area contributed by atoms with E-state index in [1.54, 1.807) is 0 Å². The largest absolute Gasteiger partial charge is 0.458 e. The molecule has 0 saturated heterocycles. The first-order chi connectivity index (χ1) is 12.9. The molecule has 1 aromatic heterocycles. The molecule has 0 fully saturated rings. The second-order valence-electron chi connectivity index (χ2n) is 5.69. The van der Waals surface area contributed by atoms with Crippen molar-refractivity contribution in [1.29, 1.82) is 0 Å². The first-order valence-corrected chi connectivity index (χ1v) is 10.5. The summed E-state index contributed by atoms with van der Waals surface area (Å²) in [6, 6.07) is 12.2. The van der Waals surface area contributed by atoms with Crippen LogP contribution in [0.25, 0.3) is 10.2 Å². The minimum atomic E-state index is -3.72. The molecule has 0 bridgehead atoms. The van der Waals surface area contributed by atoms with Crippen LogP contribution in [-0.2, 0) is 26.2 Å². The van der Waals surface area contributed by atoms with Crippen molar-refractivity contribution >= 4 is 37.5 Å². The Hall–Kier alpha value is -2.36. The van der Waals surface area contributed by atoms with E-state index in [0.717, 1.165) is 22.3 Å². The van der Waals surface area contributed by atoms with Gasteiger partial charge in [-0.15, -0.1) is 11.3 Å².